The summed E-state index contributed by atoms with van der Waals surface area (Å²) in [5.41, 5.74) is 0. The Labute approximate surface area is 81.3 Å². The summed E-state index contributed by atoms with van der Waals surface area (Å²) in [4.78, 5) is 0. The molecule has 0 aromatic heterocycles. The van der Waals surface area contributed by atoms with Crippen molar-refractivity contribution in [3.8, 4) is 0 Å². The Balaban J connectivity index is 4.77. The van der Waals surface area contributed by atoms with E-state index in [9.17, 15) is 0 Å². The summed E-state index contributed by atoms with van der Waals surface area (Å²) in [6.07, 6.45) is 2.19. The monoisotopic (exact) mass is 211 g/mol. The van der Waals surface area contributed by atoms with Crippen LogP contribution in [0.3, 0.4) is 0 Å². The molecule has 0 atom stereocenters. The Morgan fingerprint density at radius 1 is 0.750 bits per heavy atom. The Kier molecular flexibility index (Phi) is 5.04. The molecule has 0 heterocycles. The first-order valence-electron chi connectivity index (χ1n) is 3.97. The van der Waals surface area contributed by atoms with Crippen molar-refractivity contribution in [3.05, 3.63) is 0 Å². The molecular formula is C7H22N3PS. The van der Waals surface area contributed by atoms with Crippen LogP contribution in [0.5, 0.6) is 0 Å². The van der Waals surface area contributed by atoms with Crippen LogP contribution in [0.25, 0.3) is 0 Å². The van der Waals surface area contributed by atoms with Gasteiger partial charge in [0.25, 0.3) is 0 Å². The van der Waals surface area contributed by atoms with Crippen molar-refractivity contribution in [2.75, 3.05) is 48.5 Å². The standard InChI is InChI=1S/C7H22N3PS/c1-8(2)11(12-7,9(3)4)10(5)6/h11H,1-7H3. The first kappa shape index (κ1) is 12.7. The molecule has 0 aliphatic heterocycles. The van der Waals surface area contributed by atoms with E-state index in [2.05, 4.69) is 62.6 Å². The summed E-state index contributed by atoms with van der Waals surface area (Å²) >= 11 is 1.96. The van der Waals surface area contributed by atoms with Gasteiger partial charge >= 0.3 is 80.9 Å². The Morgan fingerprint density at radius 2 is 1.00 bits per heavy atom. The Hall–Kier alpha value is 0.660. The topological polar surface area (TPSA) is 9.72 Å². The third-order valence-electron chi connectivity index (χ3n) is 2.02. The minimum absolute atomic E-state index is 1.58. The van der Waals surface area contributed by atoms with Gasteiger partial charge in [-0.05, 0) is 0 Å². The maximum atomic E-state index is 2.34. The first-order valence-corrected chi connectivity index (χ1v) is 7.76. The van der Waals surface area contributed by atoms with E-state index < -0.39 is 6.92 Å². The van der Waals surface area contributed by atoms with E-state index in [4.69, 9.17) is 0 Å². The molecule has 0 aromatic rings. The molecule has 0 fully saturated rings. The maximum absolute atomic E-state index is 2.34. The molecule has 76 valence electrons. The predicted octanol–water partition coefficient (Wildman–Crippen LogP) is 1.44. The van der Waals surface area contributed by atoms with Crippen LogP contribution < -0.4 is 0 Å². The van der Waals surface area contributed by atoms with Gasteiger partial charge < -0.3 is 0 Å². The van der Waals surface area contributed by atoms with E-state index in [-0.39, 0.29) is 0 Å². The summed E-state index contributed by atoms with van der Waals surface area (Å²) in [6.45, 7) is -1.58. The van der Waals surface area contributed by atoms with E-state index in [1.165, 1.54) is 0 Å². The molecule has 0 aliphatic carbocycles. The van der Waals surface area contributed by atoms with Crippen LogP contribution in [0.15, 0.2) is 0 Å². The summed E-state index contributed by atoms with van der Waals surface area (Å²) in [5.74, 6) is 0. The van der Waals surface area contributed by atoms with Gasteiger partial charge in [0.1, 0.15) is 0 Å². The average molecular weight is 211 g/mol. The molecule has 0 unspecified atom stereocenters. The number of hydrogen-bond acceptors (Lipinski definition) is 4. The fourth-order valence-corrected chi connectivity index (χ4v) is 8.53. The molecule has 0 saturated heterocycles. The van der Waals surface area contributed by atoms with Crippen LogP contribution in [0.1, 0.15) is 0 Å². The van der Waals surface area contributed by atoms with Crippen LogP contribution in [0.4, 0.5) is 0 Å². The fourth-order valence-electron chi connectivity index (χ4n) is 1.75. The predicted molar refractivity (Wildman–Crippen MR) is 62.9 cm³/mol. The normalized spacial score (nSPS) is 14.8. The molecule has 0 rings (SSSR count). The molecule has 0 N–H and O–H groups in total. The molecule has 0 aromatic carbocycles. The Bertz CT molecular complexity index is 117. The summed E-state index contributed by atoms with van der Waals surface area (Å²) in [5, 5.41) is 0. The van der Waals surface area contributed by atoms with Crippen molar-refractivity contribution in [2.24, 2.45) is 0 Å². The first-order chi connectivity index (χ1) is 5.39. The summed E-state index contributed by atoms with van der Waals surface area (Å²) < 4.78 is 7.03. The molecule has 3 nitrogen and oxygen atoms in total. The zero-order valence-electron chi connectivity index (χ0n) is 9.25. The van der Waals surface area contributed by atoms with Gasteiger partial charge in [-0.25, -0.2) is 0 Å². The number of nitrogens with zero attached hydrogens (tertiary/aromatic N) is 3. The second kappa shape index (κ2) is 4.77. The van der Waals surface area contributed by atoms with E-state index in [0.29, 0.717) is 0 Å². The third kappa shape index (κ3) is 2.12. The molecule has 0 bridgehead atoms. The van der Waals surface area contributed by atoms with Gasteiger partial charge in [-0.3, -0.25) is 0 Å². The van der Waals surface area contributed by atoms with Crippen LogP contribution in [-0.4, -0.2) is 62.6 Å². The number of rotatable bonds is 4. The second-order valence-corrected chi connectivity index (χ2v) is 10.6. The van der Waals surface area contributed by atoms with Crippen molar-refractivity contribution in [3.63, 3.8) is 0 Å². The summed E-state index contributed by atoms with van der Waals surface area (Å²) in [7, 11) is 12.9. The molecule has 0 aliphatic rings. The number of hydrogen-bond donors (Lipinski definition) is 0. The molecule has 0 radical (unpaired) electrons. The van der Waals surface area contributed by atoms with Crippen LogP contribution in [0, 0.1) is 0 Å². The average Bonchev–Trinajstić information content (AvgIpc) is 1.86. The van der Waals surface area contributed by atoms with Gasteiger partial charge in [0.05, 0.1) is 0 Å². The second-order valence-electron chi connectivity index (χ2n) is 3.46. The molecular weight excluding hydrogens is 189 g/mol. The van der Waals surface area contributed by atoms with E-state index in [1.807, 2.05) is 11.4 Å². The van der Waals surface area contributed by atoms with Gasteiger partial charge in [-0.1, -0.05) is 0 Å². The quantitative estimate of drug-likeness (QED) is 0.651. The van der Waals surface area contributed by atoms with Crippen molar-refractivity contribution in [1.29, 1.82) is 0 Å². The van der Waals surface area contributed by atoms with Gasteiger partial charge in [-0.2, -0.15) is 0 Å². The van der Waals surface area contributed by atoms with Crippen LogP contribution >= 0.6 is 18.3 Å². The molecule has 12 heavy (non-hydrogen) atoms. The van der Waals surface area contributed by atoms with Gasteiger partial charge in [0.2, 0.25) is 0 Å². The van der Waals surface area contributed by atoms with Gasteiger partial charge in [0.15, 0.2) is 0 Å². The van der Waals surface area contributed by atoms with Crippen molar-refractivity contribution < 1.29 is 0 Å². The van der Waals surface area contributed by atoms with Gasteiger partial charge in [0, 0.05) is 0 Å². The van der Waals surface area contributed by atoms with Crippen molar-refractivity contribution in [2.45, 2.75) is 0 Å². The molecule has 0 saturated carbocycles. The molecule has 5 heteroatoms. The Morgan fingerprint density at radius 3 is 1.00 bits per heavy atom. The van der Waals surface area contributed by atoms with Crippen LogP contribution in [-0.2, 0) is 0 Å². The zero-order chi connectivity index (χ0) is 9.94. The minimum atomic E-state index is -1.58. The van der Waals surface area contributed by atoms with Crippen molar-refractivity contribution >= 4 is 18.3 Å². The zero-order valence-corrected chi connectivity index (χ0v) is 11.1. The van der Waals surface area contributed by atoms with Crippen LogP contribution in [0.2, 0.25) is 0 Å². The van der Waals surface area contributed by atoms with E-state index in [1.54, 1.807) is 0 Å². The molecule has 0 amide bonds. The molecule has 0 spiro atoms. The third-order valence-corrected chi connectivity index (χ3v) is 11.0. The van der Waals surface area contributed by atoms with E-state index in [0.717, 1.165) is 0 Å². The van der Waals surface area contributed by atoms with E-state index >= 15 is 0 Å². The fraction of sp³-hybridized carbons (Fsp3) is 1.00. The van der Waals surface area contributed by atoms with Gasteiger partial charge in [-0.15, -0.1) is 0 Å². The SMILES string of the molecule is CS[PH](N(C)C)(N(C)C)N(C)C. The summed E-state index contributed by atoms with van der Waals surface area (Å²) in [6, 6.07) is 0. The van der Waals surface area contributed by atoms with Crippen molar-refractivity contribution in [1.82, 2.24) is 14.0 Å².